The Hall–Kier alpha value is -2.37. The van der Waals surface area contributed by atoms with Crippen molar-refractivity contribution in [1.82, 2.24) is 20.5 Å². The highest BCUT2D eigenvalue weighted by Gasteiger charge is 2.26. The molecule has 0 saturated carbocycles. The summed E-state index contributed by atoms with van der Waals surface area (Å²) in [6.45, 7) is 1.23. The van der Waals surface area contributed by atoms with Crippen LogP contribution in [0.5, 0.6) is 5.75 Å². The van der Waals surface area contributed by atoms with Crippen LogP contribution >= 0.6 is 0 Å². The fourth-order valence-electron chi connectivity index (χ4n) is 2.56. The van der Waals surface area contributed by atoms with Gasteiger partial charge in [-0.2, -0.15) is 5.10 Å². The van der Waals surface area contributed by atoms with Crippen LogP contribution in [-0.2, 0) is 11.2 Å². The molecule has 1 amide bonds. The van der Waals surface area contributed by atoms with E-state index in [9.17, 15) is 4.79 Å². The summed E-state index contributed by atoms with van der Waals surface area (Å²) in [7, 11) is 0. The molecule has 2 aromatic rings. The quantitative estimate of drug-likeness (QED) is 0.815. The van der Waals surface area contributed by atoms with Gasteiger partial charge in [0.05, 0.1) is 12.5 Å². The Kier molecular flexibility index (Phi) is 4.14. The predicted octanol–water partition coefficient (Wildman–Crippen LogP) is 1.42. The molecule has 1 unspecified atom stereocenters. The van der Waals surface area contributed by atoms with Gasteiger partial charge in [-0.1, -0.05) is 18.2 Å². The third kappa shape index (κ3) is 3.21. The highest BCUT2D eigenvalue weighted by atomic mass is 16.5. The maximum absolute atomic E-state index is 12.3. The van der Waals surface area contributed by atoms with Crippen LogP contribution < -0.4 is 10.1 Å². The van der Waals surface area contributed by atoms with Crippen LogP contribution in [0.1, 0.15) is 30.1 Å². The zero-order valence-corrected chi connectivity index (χ0v) is 11.7. The molecule has 2 N–H and O–H groups in total. The molecule has 21 heavy (non-hydrogen) atoms. The second-order valence-corrected chi connectivity index (χ2v) is 5.05. The minimum absolute atomic E-state index is 0.0725. The molecule has 1 atom stereocenters. The van der Waals surface area contributed by atoms with Gasteiger partial charge in [0.25, 0.3) is 0 Å². The zero-order chi connectivity index (χ0) is 14.5. The Labute approximate surface area is 122 Å². The van der Waals surface area contributed by atoms with E-state index >= 15 is 0 Å². The van der Waals surface area contributed by atoms with Crippen molar-refractivity contribution in [2.24, 2.45) is 0 Å². The van der Waals surface area contributed by atoms with Gasteiger partial charge in [0, 0.05) is 18.5 Å². The summed E-state index contributed by atoms with van der Waals surface area (Å²) in [5.74, 6) is 1.63. The van der Waals surface area contributed by atoms with Crippen molar-refractivity contribution in [2.75, 3.05) is 13.2 Å². The van der Waals surface area contributed by atoms with Gasteiger partial charge >= 0.3 is 0 Å². The van der Waals surface area contributed by atoms with E-state index in [1.54, 1.807) is 0 Å². The lowest BCUT2D eigenvalue weighted by atomic mass is 9.92. The van der Waals surface area contributed by atoms with Gasteiger partial charge in [-0.15, -0.1) is 0 Å². The average Bonchev–Trinajstić information content (AvgIpc) is 3.04. The van der Waals surface area contributed by atoms with Gasteiger partial charge in [0.1, 0.15) is 17.9 Å². The van der Waals surface area contributed by atoms with Crippen molar-refractivity contribution >= 4 is 5.91 Å². The fraction of sp³-hybridized carbons (Fsp3) is 0.400. The van der Waals surface area contributed by atoms with Crippen molar-refractivity contribution in [1.29, 1.82) is 0 Å². The van der Waals surface area contributed by atoms with E-state index in [2.05, 4.69) is 20.5 Å². The van der Waals surface area contributed by atoms with E-state index in [4.69, 9.17) is 4.74 Å². The van der Waals surface area contributed by atoms with E-state index < -0.39 is 0 Å². The van der Waals surface area contributed by atoms with Crippen LogP contribution in [0.25, 0.3) is 0 Å². The Balaban J connectivity index is 1.52. The maximum atomic E-state index is 12.3. The molecule has 0 fully saturated rings. The molecule has 0 spiro atoms. The van der Waals surface area contributed by atoms with Crippen LogP contribution in [0.4, 0.5) is 0 Å². The molecule has 6 heteroatoms. The Morgan fingerprint density at radius 3 is 3.19 bits per heavy atom. The van der Waals surface area contributed by atoms with Crippen molar-refractivity contribution in [3.05, 3.63) is 42.0 Å². The van der Waals surface area contributed by atoms with Crippen molar-refractivity contribution in [3.8, 4) is 5.75 Å². The van der Waals surface area contributed by atoms with Crippen LogP contribution in [0.3, 0.4) is 0 Å². The molecule has 3 rings (SSSR count). The van der Waals surface area contributed by atoms with Gasteiger partial charge < -0.3 is 10.1 Å². The second-order valence-electron chi connectivity index (χ2n) is 5.05. The van der Waals surface area contributed by atoms with Gasteiger partial charge in [-0.05, 0) is 18.9 Å². The number of H-pyrrole nitrogens is 1. The molecule has 0 bridgehead atoms. The molecule has 2 heterocycles. The standard InChI is InChI=1S/C15H18N4O2/c20-15(16-8-3-6-14-17-10-18-19-14)12-7-9-21-13-5-2-1-4-11(12)13/h1-2,4-5,10,12H,3,6-9H2,(H,16,20)(H,17,18,19). The number of ether oxygens (including phenoxy) is 1. The molecule has 110 valence electrons. The van der Waals surface area contributed by atoms with Gasteiger partial charge in [-0.25, -0.2) is 4.98 Å². The number of benzene rings is 1. The first-order valence-electron chi connectivity index (χ1n) is 7.18. The number of para-hydroxylation sites is 1. The third-order valence-corrected chi connectivity index (χ3v) is 3.63. The molecule has 1 aromatic carbocycles. The highest BCUT2D eigenvalue weighted by Crippen LogP contribution is 2.33. The fourth-order valence-corrected chi connectivity index (χ4v) is 2.56. The van der Waals surface area contributed by atoms with E-state index in [1.807, 2.05) is 24.3 Å². The molecule has 0 radical (unpaired) electrons. The summed E-state index contributed by atoms with van der Waals surface area (Å²) in [4.78, 5) is 16.4. The van der Waals surface area contributed by atoms with Crippen LogP contribution in [-0.4, -0.2) is 34.2 Å². The minimum atomic E-state index is -0.111. The predicted molar refractivity (Wildman–Crippen MR) is 77.0 cm³/mol. The molecule has 1 aliphatic rings. The lowest BCUT2D eigenvalue weighted by Crippen LogP contribution is -2.33. The summed E-state index contributed by atoms with van der Waals surface area (Å²) in [6.07, 6.45) is 3.84. The summed E-state index contributed by atoms with van der Waals surface area (Å²) in [6, 6.07) is 7.75. The summed E-state index contributed by atoms with van der Waals surface area (Å²) >= 11 is 0. The molecule has 1 aromatic heterocycles. The third-order valence-electron chi connectivity index (χ3n) is 3.63. The number of hydrogen-bond acceptors (Lipinski definition) is 4. The number of carbonyl (C=O) groups is 1. The number of aryl methyl sites for hydroxylation is 1. The lowest BCUT2D eigenvalue weighted by Gasteiger charge is -2.25. The molecular formula is C15H18N4O2. The number of carbonyl (C=O) groups excluding carboxylic acids is 1. The monoisotopic (exact) mass is 286 g/mol. The molecule has 1 aliphatic heterocycles. The van der Waals surface area contributed by atoms with E-state index in [-0.39, 0.29) is 11.8 Å². The SMILES string of the molecule is O=C(NCCCc1ncn[nH]1)C1CCOc2ccccc21. The largest absolute Gasteiger partial charge is 0.493 e. The average molecular weight is 286 g/mol. The number of aromatic amines is 1. The van der Waals surface area contributed by atoms with Gasteiger partial charge in [0.15, 0.2) is 0 Å². The minimum Gasteiger partial charge on any atom is -0.493 e. The number of nitrogens with one attached hydrogen (secondary N) is 2. The van der Waals surface area contributed by atoms with Crippen LogP contribution in [0.15, 0.2) is 30.6 Å². The first kappa shape index (κ1) is 13.6. The smallest absolute Gasteiger partial charge is 0.227 e. The molecule has 0 saturated heterocycles. The molecule has 6 nitrogen and oxygen atoms in total. The normalized spacial score (nSPS) is 16.9. The highest BCUT2D eigenvalue weighted by molar-refractivity contribution is 5.84. The number of rotatable bonds is 5. The number of aromatic nitrogens is 3. The summed E-state index contributed by atoms with van der Waals surface area (Å²) in [5, 5.41) is 9.61. The summed E-state index contributed by atoms with van der Waals surface area (Å²) in [5.41, 5.74) is 0.983. The Morgan fingerprint density at radius 2 is 2.33 bits per heavy atom. The van der Waals surface area contributed by atoms with Crippen LogP contribution in [0, 0.1) is 0 Å². The van der Waals surface area contributed by atoms with E-state index in [0.717, 1.165) is 36.4 Å². The van der Waals surface area contributed by atoms with Crippen LogP contribution in [0.2, 0.25) is 0 Å². The first-order valence-corrected chi connectivity index (χ1v) is 7.18. The number of nitrogens with zero attached hydrogens (tertiary/aromatic N) is 2. The topological polar surface area (TPSA) is 79.9 Å². The number of amides is 1. The first-order chi connectivity index (χ1) is 10.3. The Bertz CT molecular complexity index is 597. The molecule has 0 aliphatic carbocycles. The Morgan fingerprint density at radius 1 is 1.43 bits per heavy atom. The van der Waals surface area contributed by atoms with E-state index in [0.29, 0.717) is 13.2 Å². The van der Waals surface area contributed by atoms with Crippen molar-refractivity contribution < 1.29 is 9.53 Å². The van der Waals surface area contributed by atoms with Gasteiger partial charge in [-0.3, -0.25) is 9.89 Å². The van der Waals surface area contributed by atoms with Crippen molar-refractivity contribution in [2.45, 2.75) is 25.2 Å². The molecular weight excluding hydrogens is 268 g/mol. The summed E-state index contributed by atoms with van der Waals surface area (Å²) < 4.78 is 5.58. The number of fused-ring (bicyclic) bond motifs is 1. The maximum Gasteiger partial charge on any atom is 0.227 e. The van der Waals surface area contributed by atoms with E-state index in [1.165, 1.54) is 6.33 Å². The van der Waals surface area contributed by atoms with Gasteiger partial charge in [0.2, 0.25) is 5.91 Å². The zero-order valence-electron chi connectivity index (χ0n) is 11.7. The van der Waals surface area contributed by atoms with Crippen molar-refractivity contribution in [3.63, 3.8) is 0 Å². The second kappa shape index (κ2) is 6.39. The number of hydrogen-bond donors (Lipinski definition) is 2. The lowest BCUT2D eigenvalue weighted by molar-refractivity contribution is -0.123.